The topological polar surface area (TPSA) is 38.0 Å². The largest absolute Gasteiger partial charge is 0.389 e. The minimum Gasteiger partial charge on any atom is -0.271 e. The van der Waals surface area contributed by atoms with Crippen molar-refractivity contribution in [3.8, 4) is 0 Å². The third-order valence-electron chi connectivity index (χ3n) is 3.41. The van der Waals surface area contributed by atoms with Crippen molar-refractivity contribution in [3.63, 3.8) is 0 Å². The Morgan fingerprint density at radius 2 is 1.81 bits per heavy atom. The van der Waals surface area contributed by atoms with Crippen molar-refractivity contribution >= 4 is 0 Å². The summed E-state index contributed by atoms with van der Waals surface area (Å²) in [5, 5.41) is 0. The van der Waals surface area contributed by atoms with E-state index in [0.717, 1.165) is 12.8 Å². The number of hydrogen-bond acceptors (Lipinski definition) is 2. The second-order valence-corrected chi connectivity index (χ2v) is 4.75. The molecule has 0 saturated heterocycles. The molecule has 0 amide bonds. The molecule has 0 heterocycles. The van der Waals surface area contributed by atoms with Crippen LogP contribution in [0.1, 0.15) is 51.4 Å². The van der Waals surface area contributed by atoms with Gasteiger partial charge in [0.15, 0.2) is 0 Å². The van der Waals surface area contributed by atoms with E-state index >= 15 is 0 Å². The normalized spacial score (nSPS) is 20.2. The molecule has 1 rings (SSSR count). The van der Waals surface area contributed by atoms with E-state index in [0.29, 0.717) is 5.92 Å². The third-order valence-corrected chi connectivity index (χ3v) is 3.41. The van der Waals surface area contributed by atoms with E-state index in [4.69, 9.17) is 5.84 Å². The Bertz CT molecular complexity index is 188. The molecular formula is C11H21F3N2. The summed E-state index contributed by atoms with van der Waals surface area (Å²) in [4.78, 5) is 0. The molecule has 1 aliphatic rings. The highest BCUT2D eigenvalue weighted by atomic mass is 19.4. The minimum absolute atomic E-state index is 0.0900. The average Bonchev–Trinajstić information content (AvgIpc) is 2.69. The molecule has 16 heavy (non-hydrogen) atoms. The summed E-state index contributed by atoms with van der Waals surface area (Å²) in [6.07, 6.45) is 2.06. The van der Waals surface area contributed by atoms with Crippen LogP contribution < -0.4 is 11.3 Å². The highest BCUT2D eigenvalue weighted by Gasteiger charge is 2.28. The molecule has 5 heteroatoms. The van der Waals surface area contributed by atoms with E-state index in [-0.39, 0.29) is 12.5 Å². The molecule has 1 aliphatic carbocycles. The Morgan fingerprint density at radius 1 is 1.19 bits per heavy atom. The fraction of sp³-hybridized carbons (Fsp3) is 1.00. The van der Waals surface area contributed by atoms with Gasteiger partial charge in [-0.05, 0) is 25.2 Å². The Hall–Kier alpha value is -0.290. The molecule has 1 fully saturated rings. The van der Waals surface area contributed by atoms with Crippen molar-refractivity contribution < 1.29 is 13.2 Å². The number of hydrogen-bond donors (Lipinski definition) is 2. The van der Waals surface area contributed by atoms with Crippen LogP contribution in [0.25, 0.3) is 0 Å². The van der Waals surface area contributed by atoms with Crippen LogP contribution in [0.3, 0.4) is 0 Å². The van der Waals surface area contributed by atoms with Crippen LogP contribution in [0.2, 0.25) is 0 Å². The number of nitrogens with two attached hydrogens (primary N) is 1. The SMILES string of the molecule is NNC(CCC1CCCC1)CCC(F)(F)F. The second-order valence-electron chi connectivity index (χ2n) is 4.75. The molecule has 1 saturated carbocycles. The molecule has 0 aromatic heterocycles. The quantitative estimate of drug-likeness (QED) is 0.551. The lowest BCUT2D eigenvalue weighted by molar-refractivity contribution is -0.136. The standard InChI is InChI=1S/C11H21F3N2/c12-11(13,14)8-7-10(16-15)6-5-9-3-1-2-4-9/h9-10,16H,1-8,15H2. The van der Waals surface area contributed by atoms with Crippen LogP contribution >= 0.6 is 0 Å². The molecule has 1 atom stereocenters. The van der Waals surface area contributed by atoms with Gasteiger partial charge in [-0.15, -0.1) is 0 Å². The van der Waals surface area contributed by atoms with Gasteiger partial charge in [-0.1, -0.05) is 25.7 Å². The Morgan fingerprint density at radius 3 is 2.31 bits per heavy atom. The molecule has 96 valence electrons. The molecule has 0 bridgehead atoms. The van der Waals surface area contributed by atoms with E-state index in [1.54, 1.807) is 0 Å². The van der Waals surface area contributed by atoms with Crippen molar-refractivity contribution in [2.45, 2.75) is 63.6 Å². The minimum atomic E-state index is -4.07. The van der Waals surface area contributed by atoms with Crippen LogP contribution in [0.15, 0.2) is 0 Å². The summed E-state index contributed by atoms with van der Waals surface area (Å²) in [7, 11) is 0. The Balaban J connectivity index is 2.15. The summed E-state index contributed by atoms with van der Waals surface area (Å²) in [5.74, 6) is 5.98. The van der Waals surface area contributed by atoms with Gasteiger partial charge in [0.2, 0.25) is 0 Å². The smallest absolute Gasteiger partial charge is 0.271 e. The number of rotatable bonds is 6. The van der Waals surface area contributed by atoms with Crippen LogP contribution in [0.4, 0.5) is 13.2 Å². The molecule has 0 aliphatic heterocycles. The monoisotopic (exact) mass is 238 g/mol. The predicted molar refractivity (Wildman–Crippen MR) is 57.6 cm³/mol. The van der Waals surface area contributed by atoms with E-state index in [2.05, 4.69) is 5.43 Å². The first-order chi connectivity index (χ1) is 7.51. The van der Waals surface area contributed by atoms with Crippen LogP contribution in [-0.4, -0.2) is 12.2 Å². The molecule has 0 aromatic carbocycles. The van der Waals surface area contributed by atoms with E-state index in [9.17, 15) is 13.2 Å². The Kier molecular flexibility index (Phi) is 5.55. The molecule has 2 nitrogen and oxygen atoms in total. The molecule has 3 N–H and O–H groups in total. The summed E-state index contributed by atoms with van der Waals surface area (Å²) in [6, 6.07) is -0.192. The third kappa shape index (κ3) is 5.70. The zero-order chi connectivity index (χ0) is 12.0. The lowest BCUT2D eigenvalue weighted by Crippen LogP contribution is -2.36. The second kappa shape index (κ2) is 6.45. The van der Waals surface area contributed by atoms with Crippen LogP contribution in [0.5, 0.6) is 0 Å². The zero-order valence-corrected chi connectivity index (χ0v) is 9.52. The van der Waals surface area contributed by atoms with Gasteiger partial charge in [0.1, 0.15) is 0 Å². The highest BCUT2D eigenvalue weighted by molar-refractivity contribution is 4.72. The fourth-order valence-electron chi connectivity index (χ4n) is 2.38. The van der Waals surface area contributed by atoms with Gasteiger partial charge in [-0.25, -0.2) is 0 Å². The van der Waals surface area contributed by atoms with Gasteiger partial charge >= 0.3 is 6.18 Å². The summed E-state index contributed by atoms with van der Waals surface area (Å²) >= 11 is 0. The van der Waals surface area contributed by atoms with E-state index < -0.39 is 12.6 Å². The van der Waals surface area contributed by atoms with Gasteiger partial charge in [0.25, 0.3) is 0 Å². The van der Waals surface area contributed by atoms with E-state index in [1.165, 1.54) is 25.7 Å². The molecular weight excluding hydrogens is 217 g/mol. The summed E-state index contributed by atoms with van der Waals surface area (Å²) in [6.45, 7) is 0. The maximum Gasteiger partial charge on any atom is 0.389 e. The average molecular weight is 238 g/mol. The molecule has 0 radical (unpaired) electrons. The number of nitrogens with one attached hydrogen (secondary N) is 1. The number of alkyl halides is 3. The highest BCUT2D eigenvalue weighted by Crippen LogP contribution is 2.30. The number of hydrazine groups is 1. The van der Waals surface area contributed by atoms with Gasteiger partial charge < -0.3 is 0 Å². The Labute approximate surface area is 94.7 Å². The van der Waals surface area contributed by atoms with Crippen molar-refractivity contribution in [1.82, 2.24) is 5.43 Å². The molecule has 0 spiro atoms. The van der Waals surface area contributed by atoms with Crippen molar-refractivity contribution in [2.75, 3.05) is 0 Å². The van der Waals surface area contributed by atoms with Gasteiger partial charge in [0, 0.05) is 12.5 Å². The lowest BCUT2D eigenvalue weighted by atomic mass is 9.97. The predicted octanol–water partition coefficient (Wildman–Crippen LogP) is 3.13. The maximum absolute atomic E-state index is 12.0. The first kappa shape index (κ1) is 13.8. The van der Waals surface area contributed by atoms with Gasteiger partial charge in [0.05, 0.1) is 0 Å². The first-order valence-corrected chi connectivity index (χ1v) is 6.04. The molecule has 0 aromatic rings. The summed E-state index contributed by atoms with van der Waals surface area (Å²) < 4.78 is 36.1. The van der Waals surface area contributed by atoms with Crippen LogP contribution in [-0.2, 0) is 0 Å². The van der Waals surface area contributed by atoms with Gasteiger partial charge in [-0.3, -0.25) is 11.3 Å². The molecule has 1 unspecified atom stereocenters. The van der Waals surface area contributed by atoms with Gasteiger partial charge in [-0.2, -0.15) is 13.2 Å². The first-order valence-electron chi connectivity index (χ1n) is 6.04. The summed E-state index contributed by atoms with van der Waals surface area (Å²) in [5.41, 5.74) is 2.50. The fourth-order valence-corrected chi connectivity index (χ4v) is 2.38. The van der Waals surface area contributed by atoms with Crippen molar-refractivity contribution in [2.24, 2.45) is 11.8 Å². The van der Waals surface area contributed by atoms with Crippen molar-refractivity contribution in [1.29, 1.82) is 0 Å². The maximum atomic E-state index is 12.0. The van der Waals surface area contributed by atoms with E-state index in [1.807, 2.05) is 0 Å². The zero-order valence-electron chi connectivity index (χ0n) is 9.52. The van der Waals surface area contributed by atoms with Crippen LogP contribution in [0, 0.1) is 5.92 Å². The van der Waals surface area contributed by atoms with Crippen molar-refractivity contribution in [3.05, 3.63) is 0 Å². The number of halogens is 3. The lowest BCUT2D eigenvalue weighted by Gasteiger charge is -2.18.